The number of nitrogens with one attached hydrogen (secondary N) is 5. The average Bonchev–Trinajstić information content (AvgIpc) is 3.38. The smallest absolute Gasteiger partial charge is 0.353 e. The number of fused-ring (bicyclic) bond motifs is 1. The number of para-hydroxylation sites is 2. The van der Waals surface area contributed by atoms with Crippen LogP contribution in [0.2, 0.25) is 0 Å². The molecule has 3 atom stereocenters. The lowest BCUT2D eigenvalue weighted by molar-refractivity contribution is -0.166. The molecule has 0 aromatic heterocycles. The van der Waals surface area contributed by atoms with Gasteiger partial charge < -0.3 is 57.0 Å². The van der Waals surface area contributed by atoms with E-state index < -0.39 is 89.0 Å². The molecule has 3 aromatic carbocycles. The van der Waals surface area contributed by atoms with E-state index in [1.54, 1.807) is 30.3 Å². The Balaban J connectivity index is 0.989. The van der Waals surface area contributed by atoms with Crippen LogP contribution in [0.3, 0.4) is 0 Å². The SMILES string of the molecule is O=C(CCC(=O)N(CCCCNC(=O)c1cccc(O)c1O)CCCNC(=O)c1cccc(O)c1O)NCCCCCN(O)C(=O)CCC(=O)N[C@@H](C(=O)N[C@@H]1C(=O)N2C(C(=O)O)=C(Cl)CC[C@H]12)c1ccccc1. The Morgan fingerprint density at radius 3 is 1.84 bits per heavy atom. The fourth-order valence-electron chi connectivity index (χ4n) is 8.25. The van der Waals surface area contributed by atoms with Crippen molar-refractivity contribution in [3.05, 3.63) is 94.1 Å². The second-order valence-electron chi connectivity index (χ2n) is 17.5. The summed E-state index contributed by atoms with van der Waals surface area (Å²) in [4.78, 5) is 118. The zero-order valence-electron chi connectivity index (χ0n) is 40.4. The second-order valence-corrected chi connectivity index (χ2v) is 18.0. The van der Waals surface area contributed by atoms with Gasteiger partial charge in [-0.1, -0.05) is 54.1 Å². The van der Waals surface area contributed by atoms with Gasteiger partial charge in [0.2, 0.25) is 29.5 Å². The Bertz CT molecular complexity index is 2580. The van der Waals surface area contributed by atoms with E-state index in [0.29, 0.717) is 55.6 Å². The number of aromatic hydroxyl groups is 4. The first-order valence-corrected chi connectivity index (χ1v) is 24.5. The summed E-state index contributed by atoms with van der Waals surface area (Å²) in [6, 6.07) is 13.2. The predicted molar refractivity (Wildman–Crippen MR) is 263 cm³/mol. The number of β-lactam (4-membered cyclic amide) rings is 1. The van der Waals surface area contributed by atoms with E-state index >= 15 is 0 Å². The van der Waals surface area contributed by atoms with Gasteiger partial charge in [0, 0.05) is 70.0 Å². The zero-order valence-corrected chi connectivity index (χ0v) is 41.1. The van der Waals surface area contributed by atoms with Crippen molar-refractivity contribution in [3.8, 4) is 23.0 Å². The van der Waals surface area contributed by atoms with Crippen LogP contribution < -0.4 is 26.6 Å². The molecule has 5 rings (SSSR count). The number of carbonyl (C=O) groups excluding carboxylic acids is 8. The highest BCUT2D eigenvalue weighted by Gasteiger charge is 2.53. The van der Waals surface area contributed by atoms with E-state index in [9.17, 15) is 73.9 Å². The van der Waals surface area contributed by atoms with Gasteiger partial charge in [0.1, 0.15) is 17.8 Å². The molecule has 0 bridgehead atoms. The summed E-state index contributed by atoms with van der Waals surface area (Å²) < 4.78 is 0. The van der Waals surface area contributed by atoms with E-state index in [-0.39, 0.29) is 98.6 Å². The molecule has 1 saturated heterocycles. The number of carbonyl (C=O) groups is 9. The molecule has 1 fully saturated rings. The van der Waals surface area contributed by atoms with Gasteiger partial charge in [-0.3, -0.25) is 48.5 Å². The number of hydrogen-bond acceptors (Lipinski definition) is 14. The maximum atomic E-state index is 13.5. The van der Waals surface area contributed by atoms with Crippen LogP contribution in [0.15, 0.2) is 77.5 Å². The first-order chi connectivity index (χ1) is 35.4. The van der Waals surface area contributed by atoms with Crippen molar-refractivity contribution in [3.63, 3.8) is 0 Å². The fraction of sp³-hybridized carbons (Fsp3) is 0.420. The highest BCUT2D eigenvalue weighted by Crippen LogP contribution is 2.38. The topological polar surface area (TPSA) is 345 Å². The molecule has 398 valence electrons. The lowest BCUT2D eigenvalue weighted by Crippen LogP contribution is -2.72. The lowest BCUT2D eigenvalue weighted by Gasteiger charge is -2.49. The third-order valence-corrected chi connectivity index (χ3v) is 12.6. The summed E-state index contributed by atoms with van der Waals surface area (Å²) in [5, 5.41) is 73.1. The van der Waals surface area contributed by atoms with Gasteiger partial charge in [-0.25, -0.2) is 9.86 Å². The van der Waals surface area contributed by atoms with Gasteiger partial charge in [0.25, 0.3) is 17.7 Å². The molecule has 0 radical (unpaired) electrons. The first-order valence-electron chi connectivity index (χ1n) is 24.1. The Labute approximate surface area is 430 Å². The second kappa shape index (κ2) is 27.8. The number of unbranched alkanes of at least 4 members (excludes halogenated alkanes) is 3. The Kier molecular flexibility index (Phi) is 21.4. The van der Waals surface area contributed by atoms with Gasteiger partial charge >= 0.3 is 5.97 Å². The number of halogens is 1. The monoisotopic (exact) mass is 1050 g/mol. The van der Waals surface area contributed by atoms with Crippen molar-refractivity contribution in [2.45, 2.75) is 95.2 Å². The normalized spacial score (nSPS) is 15.2. The highest BCUT2D eigenvalue weighted by molar-refractivity contribution is 6.32. The molecule has 2 heterocycles. The zero-order chi connectivity index (χ0) is 53.9. The van der Waals surface area contributed by atoms with Crippen molar-refractivity contribution in [1.82, 2.24) is 41.4 Å². The number of carboxylic acids is 1. The molecular weight excluding hydrogens is 988 g/mol. The number of phenols is 4. The molecule has 74 heavy (non-hydrogen) atoms. The fourth-order valence-corrected chi connectivity index (χ4v) is 8.53. The van der Waals surface area contributed by atoms with Crippen LogP contribution in [0.4, 0.5) is 0 Å². The molecule has 11 N–H and O–H groups in total. The van der Waals surface area contributed by atoms with Gasteiger partial charge in [-0.2, -0.15) is 0 Å². The summed E-state index contributed by atoms with van der Waals surface area (Å²) >= 11 is 6.07. The van der Waals surface area contributed by atoms with E-state index in [0.717, 1.165) is 4.90 Å². The van der Waals surface area contributed by atoms with E-state index in [1.165, 1.54) is 41.3 Å². The Morgan fingerprint density at radius 2 is 1.20 bits per heavy atom. The minimum absolute atomic E-state index is 0.0331. The summed E-state index contributed by atoms with van der Waals surface area (Å²) in [5.41, 5.74) is -0.171. The van der Waals surface area contributed by atoms with Crippen molar-refractivity contribution in [2.24, 2.45) is 0 Å². The molecule has 8 amide bonds. The Morgan fingerprint density at radius 1 is 0.649 bits per heavy atom. The van der Waals surface area contributed by atoms with Gasteiger partial charge in [-0.15, -0.1) is 0 Å². The van der Waals surface area contributed by atoms with Crippen LogP contribution in [-0.4, -0.2) is 150 Å². The molecule has 0 spiro atoms. The highest BCUT2D eigenvalue weighted by atomic mass is 35.5. The number of hydroxylamine groups is 2. The molecule has 24 heteroatoms. The van der Waals surface area contributed by atoms with Crippen molar-refractivity contribution < 1.29 is 73.9 Å². The molecule has 23 nitrogen and oxygen atoms in total. The average molecular weight is 1050 g/mol. The molecule has 2 aliphatic rings. The van der Waals surface area contributed by atoms with E-state index in [4.69, 9.17) is 11.6 Å². The largest absolute Gasteiger partial charge is 0.504 e. The van der Waals surface area contributed by atoms with Crippen LogP contribution in [0.1, 0.15) is 109 Å². The number of benzene rings is 3. The lowest BCUT2D eigenvalue weighted by atomic mass is 9.86. The van der Waals surface area contributed by atoms with Crippen molar-refractivity contribution >= 4 is 64.8 Å². The molecule has 2 aliphatic heterocycles. The standard InChI is InChI=1S/C50H61ClN8O15/c51-33-18-19-34-42(49(71)59(34)43(33)50(72)73)56-48(70)41(30-12-3-1-4-13-30)55-38(63)21-23-40(65)58(74)29-7-2-5-24-52-37(62)20-22-39(64)57(28-11-26-54-47(69)32-15-10-17-36(61)45(32)67)27-8-6-25-53-46(68)31-14-9-16-35(60)44(31)66/h1,3-4,9-10,12-17,34,41-42,60-61,66-67,74H,2,5-8,11,18-29H2,(H,52,62)(H,53,68)(H,54,69)(H,55,63)(H,56,70)(H,72,73)/t34-,41-,42+/m1/s1. The molecule has 3 aromatic rings. The molecule has 0 aliphatic carbocycles. The number of allylic oxidation sites excluding steroid dienone is 1. The van der Waals surface area contributed by atoms with Crippen LogP contribution in [0, 0.1) is 0 Å². The van der Waals surface area contributed by atoms with Crippen LogP contribution in [0.5, 0.6) is 23.0 Å². The van der Waals surface area contributed by atoms with E-state index in [2.05, 4.69) is 26.6 Å². The van der Waals surface area contributed by atoms with Crippen LogP contribution >= 0.6 is 11.6 Å². The molecular formula is C50H61ClN8O15. The summed E-state index contributed by atoms with van der Waals surface area (Å²) in [5.74, 6) is -8.13. The number of phenolic OH excluding ortho intramolecular Hbond substituents is 4. The number of nitrogens with zero attached hydrogens (tertiary/aromatic N) is 3. The third-order valence-electron chi connectivity index (χ3n) is 12.3. The van der Waals surface area contributed by atoms with Gasteiger partial charge in [0.15, 0.2) is 23.0 Å². The third kappa shape index (κ3) is 15.8. The predicted octanol–water partition coefficient (Wildman–Crippen LogP) is 2.61. The number of rotatable bonds is 28. The first kappa shape index (κ1) is 57.0. The number of carboxylic acid groups (broad SMARTS) is 1. The van der Waals surface area contributed by atoms with Crippen LogP contribution in [0.25, 0.3) is 0 Å². The van der Waals surface area contributed by atoms with Crippen molar-refractivity contribution in [2.75, 3.05) is 39.3 Å². The maximum absolute atomic E-state index is 13.5. The number of aliphatic carboxylic acids is 1. The minimum Gasteiger partial charge on any atom is -0.504 e. The van der Waals surface area contributed by atoms with E-state index in [1.807, 2.05) is 0 Å². The van der Waals surface area contributed by atoms with Gasteiger partial charge in [0.05, 0.1) is 17.2 Å². The minimum atomic E-state index is -1.36. The maximum Gasteiger partial charge on any atom is 0.353 e. The summed E-state index contributed by atoms with van der Waals surface area (Å²) in [6.07, 6.45) is 1.98. The molecule has 0 unspecified atom stereocenters. The molecule has 0 saturated carbocycles. The number of hydrogen-bond donors (Lipinski definition) is 11. The van der Waals surface area contributed by atoms with Gasteiger partial charge in [-0.05, 0) is 81.2 Å². The summed E-state index contributed by atoms with van der Waals surface area (Å²) in [6.45, 7) is 0.926. The summed E-state index contributed by atoms with van der Waals surface area (Å²) in [7, 11) is 0. The van der Waals surface area contributed by atoms with Crippen molar-refractivity contribution in [1.29, 1.82) is 0 Å². The Hall–Kier alpha value is -7.92. The van der Waals surface area contributed by atoms with Crippen LogP contribution in [-0.2, 0) is 33.6 Å². The number of amides is 8. The quantitative estimate of drug-likeness (QED) is 0.0164.